The number of halogens is 1. The molecule has 2 amide bonds. The Bertz CT molecular complexity index is 788. The number of epoxide rings is 1. The van der Waals surface area contributed by atoms with Crippen LogP contribution in [0.2, 0.25) is 5.82 Å². The number of allylic oxidation sites excluding steroid dienone is 1. The fraction of sp³-hybridized carbons (Fsp3) is 0.833. The molecule has 1 saturated carbocycles. The summed E-state index contributed by atoms with van der Waals surface area (Å²) in [6.07, 6.45) is 5.98. The van der Waals surface area contributed by atoms with Gasteiger partial charge in [-0.25, -0.2) is 9.52 Å². The summed E-state index contributed by atoms with van der Waals surface area (Å²) in [6, 6.07) is -0.400. The molecule has 0 radical (unpaired) electrons. The lowest BCUT2D eigenvalue weighted by molar-refractivity contribution is -0.120. The van der Waals surface area contributed by atoms with E-state index in [0.29, 0.717) is 19.6 Å². The number of carbonyl (C=O) groups excluding carboxylic acids is 2. The van der Waals surface area contributed by atoms with Crippen LogP contribution in [0.15, 0.2) is 11.6 Å². The highest BCUT2D eigenvalue weighted by Gasteiger charge is 2.66. The lowest BCUT2D eigenvalue weighted by Crippen LogP contribution is -2.58. The van der Waals surface area contributed by atoms with E-state index in [0.717, 1.165) is 32.1 Å². The van der Waals surface area contributed by atoms with Gasteiger partial charge < -0.3 is 29.5 Å². The van der Waals surface area contributed by atoms with E-state index < -0.39 is 17.7 Å². The molecule has 0 bridgehead atoms. The molecule has 3 atom stereocenters. The van der Waals surface area contributed by atoms with Gasteiger partial charge >= 0.3 is 13.0 Å². The second-order valence-corrected chi connectivity index (χ2v) is 11.3. The number of carbonyl (C=O) groups is 2. The molecule has 0 aromatic heterocycles. The van der Waals surface area contributed by atoms with Crippen LogP contribution in [0.1, 0.15) is 66.2 Å². The molecule has 3 aliphatic rings. The molecule has 1 spiro atoms. The van der Waals surface area contributed by atoms with Crippen molar-refractivity contribution in [2.75, 3.05) is 26.9 Å². The Kier molecular flexibility index (Phi) is 10.5. The first kappa shape index (κ1) is 29.2. The maximum Gasteiger partial charge on any atom is 0.406 e. The molecule has 1 aliphatic carbocycles. The maximum absolute atomic E-state index is 12.8. The van der Waals surface area contributed by atoms with Crippen molar-refractivity contribution < 1.29 is 32.3 Å². The van der Waals surface area contributed by atoms with E-state index in [9.17, 15) is 13.5 Å². The molecular weight excluding hydrogens is 488 g/mol. The quantitative estimate of drug-likeness (QED) is 0.162. The Morgan fingerprint density at radius 3 is 2.36 bits per heavy atom. The molecule has 0 aromatic rings. The number of ether oxygens (including phenoxy) is 3. The number of rotatable bonds is 11. The Labute approximate surface area is 218 Å². The van der Waals surface area contributed by atoms with Crippen molar-refractivity contribution >= 4 is 31.2 Å². The topological polar surface area (TPSA) is 110 Å². The second kappa shape index (κ2) is 13.0. The van der Waals surface area contributed by atoms with Crippen LogP contribution in [0.5, 0.6) is 0 Å². The summed E-state index contributed by atoms with van der Waals surface area (Å²) in [5.74, 6) is -0.324. The van der Waals surface area contributed by atoms with Gasteiger partial charge in [0.2, 0.25) is 5.91 Å². The van der Waals surface area contributed by atoms with Crippen molar-refractivity contribution in [3.8, 4) is 0 Å². The Morgan fingerprint density at radius 1 is 1.17 bits per heavy atom. The van der Waals surface area contributed by atoms with E-state index in [2.05, 4.69) is 35.3 Å². The highest BCUT2D eigenvalue weighted by molar-refractivity contribution is 7.92. The average Bonchev–Trinajstić information content (AvgIpc) is 3.59. The smallest absolute Gasteiger partial charge is 0.406 e. The van der Waals surface area contributed by atoms with Gasteiger partial charge in [0.15, 0.2) is 0 Å². The fourth-order valence-electron chi connectivity index (χ4n) is 5.68. The van der Waals surface area contributed by atoms with Crippen molar-refractivity contribution in [3.05, 3.63) is 11.6 Å². The monoisotopic (exact) mass is 529 g/mol. The predicted molar refractivity (Wildman–Crippen MR) is 138 cm³/mol. The van der Waals surface area contributed by atoms with E-state index >= 15 is 0 Å². The number of hydrogen-bond donors (Lipinski definition) is 3. The highest BCUT2D eigenvalue weighted by Crippen LogP contribution is 2.55. The van der Waals surface area contributed by atoms with Crippen LogP contribution in [-0.2, 0) is 23.7 Å². The molecule has 9 nitrogen and oxygen atoms in total. The first-order valence-corrected chi connectivity index (χ1v) is 13.5. The van der Waals surface area contributed by atoms with Gasteiger partial charge in [-0.15, -0.1) is 3.89 Å². The summed E-state index contributed by atoms with van der Waals surface area (Å²) in [5, 5.41) is 5.88. The number of amides is 2. The third-order valence-electron chi connectivity index (χ3n) is 7.56. The van der Waals surface area contributed by atoms with Crippen LogP contribution in [0.25, 0.3) is 0 Å². The first-order chi connectivity index (χ1) is 17.1. The summed E-state index contributed by atoms with van der Waals surface area (Å²) in [7, 11) is 1.65. The Balaban J connectivity index is 1.52. The van der Waals surface area contributed by atoms with Crippen molar-refractivity contribution in [3.63, 3.8) is 0 Å². The number of hydrogen-bond acceptors (Lipinski definition) is 8. The van der Waals surface area contributed by atoms with Crippen LogP contribution in [-0.4, -0.2) is 75.1 Å². The molecule has 12 heteroatoms. The van der Waals surface area contributed by atoms with Crippen LogP contribution >= 0.6 is 12.3 Å². The summed E-state index contributed by atoms with van der Waals surface area (Å²) >= 11 is -0.0734. The highest BCUT2D eigenvalue weighted by atomic mass is 32.2. The van der Waals surface area contributed by atoms with Gasteiger partial charge in [-0.05, 0) is 66.2 Å². The van der Waals surface area contributed by atoms with Crippen LogP contribution in [0.3, 0.4) is 0 Å². The minimum absolute atomic E-state index is 0.0208. The standard InChI is InChI=1S/C24H41BFN3O6S/c1-16(2)11-13-33-23(3,4)21-24(15-34-24)12-10-19(25(21)32-5)35-22(31)29-18-8-6-17(7-9-18)28-20(30)14-27-36-26/h11,17-19,21,27H,6-10,12-15H2,1-5H3,(H,28,30)(H,29,31)/t17-,18-,19?,21?,24?. The van der Waals surface area contributed by atoms with Gasteiger partial charge in [0.25, 0.3) is 0 Å². The minimum Gasteiger partial charge on any atom is -0.452 e. The molecule has 2 saturated heterocycles. The number of alkyl carbamates (subject to hydrolysis) is 1. The summed E-state index contributed by atoms with van der Waals surface area (Å²) < 4.78 is 38.4. The molecule has 0 aromatic carbocycles. The van der Waals surface area contributed by atoms with Crippen LogP contribution in [0.4, 0.5) is 8.68 Å². The molecule has 3 fully saturated rings. The second-order valence-electron chi connectivity index (χ2n) is 10.9. The largest absolute Gasteiger partial charge is 0.452 e. The van der Waals surface area contributed by atoms with Gasteiger partial charge in [-0.1, -0.05) is 11.6 Å². The zero-order valence-corrected chi connectivity index (χ0v) is 22.9. The lowest BCUT2D eigenvalue weighted by atomic mass is 9.39. The third kappa shape index (κ3) is 7.83. The fourth-order valence-corrected chi connectivity index (χ4v) is 5.87. The molecular formula is C24H41BFN3O6S. The van der Waals surface area contributed by atoms with Crippen molar-refractivity contribution in [2.45, 2.75) is 101 Å². The molecule has 3 rings (SSSR count). The third-order valence-corrected chi connectivity index (χ3v) is 7.81. The minimum atomic E-state index is -0.539. The van der Waals surface area contributed by atoms with Gasteiger partial charge in [0.05, 0.1) is 31.0 Å². The Morgan fingerprint density at radius 2 is 1.81 bits per heavy atom. The van der Waals surface area contributed by atoms with Gasteiger partial charge in [0.1, 0.15) is 18.3 Å². The van der Waals surface area contributed by atoms with Crippen molar-refractivity contribution in [1.29, 1.82) is 0 Å². The lowest BCUT2D eigenvalue weighted by Gasteiger charge is -2.45. The van der Waals surface area contributed by atoms with Crippen molar-refractivity contribution in [2.24, 2.45) is 0 Å². The van der Waals surface area contributed by atoms with Gasteiger partial charge in [-0.2, -0.15) is 0 Å². The summed E-state index contributed by atoms with van der Waals surface area (Å²) in [6.45, 7) is 8.92. The van der Waals surface area contributed by atoms with Gasteiger partial charge in [-0.3, -0.25) is 4.79 Å². The summed E-state index contributed by atoms with van der Waals surface area (Å²) in [4.78, 5) is 24.6. The van der Waals surface area contributed by atoms with Crippen LogP contribution < -0.4 is 15.4 Å². The Hall–Kier alpha value is -1.34. The van der Waals surface area contributed by atoms with Crippen molar-refractivity contribution in [1.82, 2.24) is 15.4 Å². The molecule has 3 unspecified atom stereocenters. The normalized spacial score (nSPS) is 30.0. The van der Waals surface area contributed by atoms with E-state index in [1.54, 1.807) is 7.11 Å². The van der Waals surface area contributed by atoms with E-state index in [1.165, 1.54) is 5.57 Å². The maximum atomic E-state index is 12.8. The average molecular weight is 529 g/mol. The molecule has 204 valence electrons. The zero-order chi connectivity index (χ0) is 26.3. The molecule has 36 heavy (non-hydrogen) atoms. The number of nitrogens with one attached hydrogen (secondary N) is 3. The SMILES string of the molecule is COB1C(OC(=O)N[C@H]2CC[C@H](NC(=O)CNSF)CC2)CCC2(CO2)C1C(C)(C)OCC=C(C)C. The van der Waals surface area contributed by atoms with E-state index in [1.807, 2.05) is 13.8 Å². The summed E-state index contributed by atoms with van der Waals surface area (Å²) in [5.41, 5.74) is 0.354. The molecule has 2 aliphatic heterocycles. The molecule has 2 heterocycles. The van der Waals surface area contributed by atoms with E-state index in [4.69, 9.17) is 18.9 Å². The zero-order valence-electron chi connectivity index (χ0n) is 22.1. The van der Waals surface area contributed by atoms with Crippen LogP contribution in [0, 0.1) is 0 Å². The first-order valence-electron chi connectivity index (χ1n) is 12.8. The predicted octanol–water partition coefficient (Wildman–Crippen LogP) is 3.50. The molecule has 3 N–H and O–H groups in total. The van der Waals surface area contributed by atoms with E-state index in [-0.39, 0.29) is 55.2 Å². The van der Waals surface area contributed by atoms with Gasteiger partial charge in [0, 0.05) is 25.0 Å².